The van der Waals surface area contributed by atoms with Crippen LogP contribution in [0, 0.1) is 18.6 Å². The number of aryl methyl sites for hydroxylation is 1. The fraction of sp³-hybridized carbons (Fsp3) is 0.333. The Morgan fingerprint density at radius 1 is 1.10 bits per heavy atom. The van der Waals surface area contributed by atoms with E-state index in [0.29, 0.717) is 60.7 Å². The third kappa shape index (κ3) is 4.65. The van der Waals surface area contributed by atoms with Crippen molar-refractivity contribution in [1.29, 1.82) is 0 Å². The van der Waals surface area contributed by atoms with Crippen LogP contribution in [0.25, 0.3) is 22.8 Å². The van der Waals surface area contributed by atoms with Crippen molar-refractivity contribution in [1.82, 2.24) is 14.8 Å². The van der Waals surface area contributed by atoms with Gasteiger partial charge in [0, 0.05) is 54.7 Å². The van der Waals surface area contributed by atoms with E-state index in [9.17, 15) is 22.8 Å². The van der Waals surface area contributed by atoms with Crippen LogP contribution in [-0.2, 0) is 4.79 Å². The molecule has 9 heteroatoms. The van der Waals surface area contributed by atoms with Crippen molar-refractivity contribution in [3.05, 3.63) is 76.6 Å². The summed E-state index contributed by atoms with van der Waals surface area (Å²) in [5.74, 6) is -2.51. The van der Waals surface area contributed by atoms with Gasteiger partial charge in [-0.25, -0.2) is 13.2 Å². The Morgan fingerprint density at radius 3 is 2.69 bits per heavy atom. The number of carbonyl (C=O) groups is 2. The van der Waals surface area contributed by atoms with Gasteiger partial charge in [0.05, 0.1) is 16.8 Å². The number of hydrogen-bond acceptors (Lipinski definition) is 3. The van der Waals surface area contributed by atoms with Crippen molar-refractivity contribution in [2.75, 3.05) is 31.5 Å². The van der Waals surface area contributed by atoms with Crippen LogP contribution in [0.2, 0.25) is 0 Å². The summed E-state index contributed by atoms with van der Waals surface area (Å²) in [6.07, 6.45) is 3.06. The van der Waals surface area contributed by atoms with Crippen molar-refractivity contribution in [3.8, 4) is 11.1 Å². The molecule has 3 aromatic rings. The van der Waals surface area contributed by atoms with Gasteiger partial charge in [-0.2, -0.15) is 0 Å². The third-order valence-corrected chi connectivity index (χ3v) is 7.89. The molecule has 4 heterocycles. The van der Waals surface area contributed by atoms with Crippen LogP contribution in [0.15, 0.2) is 42.5 Å². The number of nitrogens with zero attached hydrogens (tertiary/aromatic N) is 2. The topological polar surface area (TPSA) is 68.4 Å². The number of aromatic nitrogens is 1. The Morgan fingerprint density at radius 2 is 1.90 bits per heavy atom. The maximum atomic E-state index is 14.8. The fourth-order valence-corrected chi connectivity index (χ4v) is 6.07. The first kappa shape index (κ1) is 25.4. The van der Waals surface area contributed by atoms with Gasteiger partial charge in [-0.05, 0) is 56.0 Å². The molecule has 2 aromatic carbocycles. The molecule has 0 bridgehead atoms. The number of aromatic amines is 1. The first-order valence-electron chi connectivity index (χ1n) is 13.3. The zero-order valence-electron chi connectivity index (χ0n) is 21.6. The van der Waals surface area contributed by atoms with Gasteiger partial charge in [0.25, 0.3) is 11.8 Å². The molecule has 6 rings (SSSR count). The number of rotatable bonds is 5. The summed E-state index contributed by atoms with van der Waals surface area (Å²) in [5, 5.41) is 2.80. The lowest BCUT2D eigenvalue weighted by Gasteiger charge is -2.28. The molecule has 39 heavy (non-hydrogen) atoms. The minimum Gasteiger partial charge on any atom is -0.358 e. The molecule has 1 aromatic heterocycles. The average Bonchev–Trinajstić information content (AvgIpc) is 3.69. The van der Waals surface area contributed by atoms with E-state index in [-0.39, 0.29) is 23.1 Å². The van der Waals surface area contributed by atoms with Crippen molar-refractivity contribution < 1.29 is 22.8 Å². The number of hydrogen-bond donors (Lipinski definition) is 2. The van der Waals surface area contributed by atoms with Gasteiger partial charge in [-0.1, -0.05) is 24.3 Å². The molecular weight excluding hydrogens is 505 g/mol. The smallest absolute Gasteiger partial charge is 0.256 e. The van der Waals surface area contributed by atoms with Crippen LogP contribution in [0.3, 0.4) is 0 Å². The Hall–Kier alpha value is -3.85. The van der Waals surface area contributed by atoms with Crippen LogP contribution in [0.1, 0.15) is 46.6 Å². The summed E-state index contributed by atoms with van der Waals surface area (Å²) in [5.41, 5.74) is 3.28. The maximum Gasteiger partial charge on any atom is 0.256 e. The highest BCUT2D eigenvalue weighted by Crippen LogP contribution is 2.41. The lowest BCUT2D eigenvalue weighted by molar-refractivity contribution is -0.110. The van der Waals surface area contributed by atoms with E-state index < -0.39 is 23.7 Å². The molecule has 0 aliphatic carbocycles. The van der Waals surface area contributed by atoms with E-state index in [1.807, 2.05) is 11.8 Å². The van der Waals surface area contributed by atoms with Crippen molar-refractivity contribution in [2.24, 2.45) is 0 Å². The summed E-state index contributed by atoms with van der Waals surface area (Å²) in [6.45, 7) is 4.19. The number of H-pyrrole nitrogens is 1. The van der Waals surface area contributed by atoms with Gasteiger partial charge in [0.1, 0.15) is 6.17 Å². The quantitative estimate of drug-likeness (QED) is 0.430. The summed E-state index contributed by atoms with van der Waals surface area (Å²) in [7, 11) is 0. The Kier molecular flexibility index (Phi) is 6.54. The van der Waals surface area contributed by atoms with Crippen molar-refractivity contribution >= 4 is 29.2 Å². The second kappa shape index (κ2) is 10.0. The fourth-order valence-electron chi connectivity index (χ4n) is 6.07. The normalized spacial score (nSPS) is 22.1. The van der Waals surface area contributed by atoms with Gasteiger partial charge in [0.15, 0.2) is 11.6 Å². The van der Waals surface area contributed by atoms with Gasteiger partial charge in [-0.15, -0.1) is 0 Å². The van der Waals surface area contributed by atoms with Gasteiger partial charge in [-0.3, -0.25) is 14.5 Å². The molecule has 2 fully saturated rings. The monoisotopic (exact) mass is 534 g/mol. The SMILES string of the molecule is Cc1cc(C(=O)N2CCC[C@H]2CN2CC[C@H](F)C2)c(/C=C2\C(=O)Nc3cccc(-c4cccc(F)c4F)c32)[nH]1. The average molecular weight is 535 g/mol. The van der Waals surface area contributed by atoms with Crippen LogP contribution >= 0.6 is 0 Å². The number of amides is 2. The molecule has 3 aliphatic heterocycles. The number of halogens is 3. The molecule has 2 saturated heterocycles. The predicted molar refractivity (Wildman–Crippen MR) is 144 cm³/mol. The molecule has 6 nitrogen and oxygen atoms in total. The first-order valence-corrected chi connectivity index (χ1v) is 13.3. The van der Waals surface area contributed by atoms with E-state index in [0.717, 1.165) is 24.6 Å². The van der Waals surface area contributed by atoms with E-state index in [2.05, 4.69) is 15.2 Å². The number of benzene rings is 2. The number of likely N-dealkylation sites (tertiary alicyclic amines) is 2. The van der Waals surface area contributed by atoms with Crippen molar-refractivity contribution in [3.63, 3.8) is 0 Å². The minimum atomic E-state index is -0.992. The molecule has 0 spiro atoms. The number of alkyl halides is 1. The number of anilines is 1. The molecule has 2 N–H and O–H groups in total. The largest absolute Gasteiger partial charge is 0.358 e. The number of fused-ring (bicyclic) bond motifs is 1. The lowest BCUT2D eigenvalue weighted by Crippen LogP contribution is -2.42. The number of carbonyl (C=O) groups excluding carboxylic acids is 2. The third-order valence-electron chi connectivity index (χ3n) is 7.89. The van der Waals surface area contributed by atoms with Gasteiger partial charge < -0.3 is 15.2 Å². The van der Waals surface area contributed by atoms with E-state index in [4.69, 9.17) is 0 Å². The Bertz CT molecular complexity index is 1500. The molecule has 0 radical (unpaired) electrons. The second-order valence-corrected chi connectivity index (χ2v) is 10.6. The summed E-state index contributed by atoms with van der Waals surface area (Å²) < 4.78 is 42.6. The molecule has 0 unspecified atom stereocenters. The maximum absolute atomic E-state index is 14.8. The van der Waals surface area contributed by atoms with Crippen LogP contribution in [0.4, 0.5) is 18.9 Å². The summed E-state index contributed by atoms with van der Waals surface area (Å²) >= 11 is 0. The zero-order valence-corrected chi connectivity index (χ0v) is 21.6. The van der Waals surface area contributed by atoms with Gasteiger partial charge >= 0.3 is 0 Å². The van der Waals surface area contributed by atoms with Crippen molar-refractivity contribution in [2.45, 2.75) is 38.4 Å². The summed E-state index contributed by atoms with van der Waals surface area (Å²) in [6, 6.07) is 10.7. The molecule has 202 valence electrons. The Balaban J connectivity index is 1.36. The van der Waals surface area contributed by atoms with Crippen LogP contribution in [-0.4, -0.2) is 65.0 Å². The molecular formula is C30H29F3N4O2. The second-order valence-electron chi connectivity index (χ2n) is 10.6. The minimum absolute atomic E-state index is 0.00318. The highest BCUT2D eigenvalue weighted by atomic mass is 19.2. The van der Waals surface area contributed by atoms with E-state index in [1.165, 1.54) is 12.1 Å². The molecule has 3 aliphatic rings. The summed E-state index contributed by atoms with van der Waals surface area (Å²) in [4.78, 5) is 34.0. The molecule has 0 saturated carbocycles. The zero-order chi connectivity index (χ0) is 27.3. The predicted octanol–water partition coefficient (Wildman–Crippen LogP) is 5.41. The van der Waals surface area contributed by atoms with Crippen LogP contribution < -0.4 is 5.32 Å². The molecule has 2 atom stereocenters. The highest BCUT2D eigenvalue weighted by molar-refractivity contribution is 6.36. The van der Waals surface area contributed by atoms with Crippen LogP contribution in [0.5, 0.6) is 0 Å². The van der Waals surface area contributed by atoms with Gasteiger partial charge in [0.2, 0.25) is 0 Å². The Labute approximate surface area is 224 Å². The highest BCUT2D eigenvalue weighted by Gasteiger charge is 2.35. The first-order chi connectivity index (χ1) is 18.8. The standard InChI is InChI=1S/C30H29F3N4O2/c1-17-13-22(30(39)37-11-4-5-19(37)16-36-12-10-18(31)15-36)26(34-17)14-23-27-20(6-3-9-25(27)35-29(23)38)21-7-2-8-24(32)28(21)33/h2-3,6-9,13-14,18-19,34H,4-5,10-12,15-16H2,1H3,(H,35,38)/b23-14-/t18-,19-/m0/s1. The number of nitrogens with one attached hydrogen (secondary N) is 2. The molecule has 2 amide bonds. The lowest BCUT2D eigenvalue weighted by atomic mass is 9.93. The van der Waals surface area contributed by atoms with E-state index in [1.54, 1.807) is 30.3 Å². The van der Waals surface area contributed by atoms with E-state index >= 15 is 0 Å².